The summed E-state index contributed by atoms with van der Waals surface area (Å²) in [4.78, 5) is 72.8. The lowest BCUT2D eigenvalue weighted by Gasteiger charge is -2.21. The zero-order valence-electron chi connectivity index (χ0n) is 67.3. The van der Waals surface area contributed by atoms with Gasteiger partial charge in [0.05, 0.1) is 26.4 Å². The van der Waals surface area contributed by atoms with E-state index in [1.54, 1.807) is 0 Å². The summed E-state index contributed by atoms with van der Waals surface area (Å²) in [7, 11) is -9.91. The van der Waals surface area contributed by atoms with Crippen molar-refractivity contribution in [3.05, 3.63) is 0 Å². The van der Waals surface area contributed by atoms with E-state index in [9.17, 15) is 43.2 Å². The second-order valence-electron chi connectivity index (χ2n) is 30.2. The Hall–Kier alpha value is -1.94. The minimum absolute atomic E-state index is 0.108. The Morgan fingerprint density at radius 3 is 0.573 bits per heavy atom. The van der Waals surface area contributed by atoms with Crippen LogP contribution < -0.4 is 0 Å². The maximum absolute atomic E-state index is 13.1. The standard InChI is InChI=1S/C84H164O17P2/c1-5-9-13-17-20-23-26-29-32-35-38-39-40-41-44-47-50-53-56-59-63-67-71-84(89)101-80(75-95-82(87)69-65-61-57-54-51-48-45-42-36-33-30-27-24-21-18-14-10-6-2)77-99-103(92,93)97-73-78(85)72-96-102(90,91)98-76-79(74-94-81(86)68-64-60-16-12-8-4)100-83(88)70-66-62-58-55-52-49-46-43-37-34-31-28-25-22-19-15-11-7-3/h78-80,85H,5-77H2,1-4H3,(H,90,91)(H,92,93)/t78-,79+,80+/m0/s1. The molecule has 0 aromatic carbocycles. The van der Waals surface area contributed by atoms with Crippen LogP contribution in [0, 0.1) is 0 Å². The molecule has 2 unspecified atom stereocenters. The fraction of sp³-hybridized carbons (Fsp3) is 0.952. The molecule has 0 fully saturated rings. The highest BCUT2D eigenvalue weighted by molar-refractivity contribution is 7.47. The Kier molecular flexibility index (Phi) is 76.7. The summed E-state index contributed by atoms with van der Waals surface area (Å²) in [6.45, 7) is 4.95. The molecule has 0 saturated carbocycles. The molecule has 3 N–H and O–H groups in total. The van der Waals surface area contributed by atoms with Crippen molar-refractivity contribution in [3.8, 4) is 0 Å². The molecule has 0 rings (SSSR count). The molecule has 0 spiro atoms. The van der Waals surface area contributed by atoms with Crippen LogP contribution in [-0.2, 0) is 65.4 Å². The third-order valence-corrected chi connectivity index (χ3v) is 21.8. The number of phosphoric ester groups is 2. The highest BCUT2D eigenvalue weighted by atomic mass is 31.2. The molecule has 0 aromatic heterocycles. The van der Waals surface area contributed by atoms with Gasteiger partial charge in [-0.3, -0.25) is 37.3 Å². The first-order valence-corrected chi connectivity index (χ1v) is 46.8. The predicted octanol–water partition coefficient (Wildman–Crippen LogP) is 25.7. The predicted molar refractivity (Wildman–Crippen MR) is 423 cm³/mol. The quantitative estimate of drug-likeness (QED) is 0.0222. The second-order valence-corrected chi connectivity index (χ2v) is 33.1. The monoisotopic (exact) mass is 1510 g/mol. The number of phosphoric acid groups is 2. The van der Waals surface area contributed by atoms with E-state index in [-0.39, 0.29) is 25.7 Å². The molecular weight excluding hydrogens is 1340 g/mol. The highest BCUT2D eigenvalue weighted by Gasteiger charge is 2.30. The molecule has 103 heavy (non-hydrogen) atoms. The van der Waals surface area contributed by atoms with Gasteiger partial charge >= 0.3 is 39.5 Å². The van der Waals surface area contributed by atoms with E-state index in [4.69, 9.17) is 37.0 Å². The molecule has 5 atom stereocenters. The van der Waals surface area contributed by atoms with Crippen molar-refractivity contribution in [2.45, 2.75) is 476 Å². The Balaban J connectivity index is 5.09. The van der Waals surface area contributed by atoms with Gasteiger partial charge in [-0.1, -0.05) is 407 Å². The van der Waals surface area contributed by atoms with Gasteiger partial charge in [-0.25, -0.2) is 9.13 Å². The zero-order valence-corrected chi connectivity index (χ0v) is 69.1. The zero-order chi connectivity index (χ0) is 75.3. The lowest BCUT2D eigenvalue weighted by atomic mass is 10.0. The van der Waals surface area contributed by atoms with Crippen molar-refractivity contribution >= 4 is 39.5 Å². The first kappa shape index (κ1) is 101. The molecule has 19 heteroatoms. The molecule has 0 bridgehead atoms. The number of hydrogen-bond donors (Lipinski definition) is 3. The maximum Gasteiger partial charge on any atom is 0.472 e. The first-order chi connectivity index (χ1) is 50.2. The van der Waals surface area contributed by atoms with Crippen molar-refractivity contribution in [1.82, 2.24) is 0 Å². The Morgan fingerprint density at radius 1 is 0.233 bits per heavy atom. The van der Waals surface area contributed by atoms with Crippen LogP contribution in [0.15, 0.2) is 0 Å². The summed E-state index contributed by atoms with van der Waals surface area (Å²) >= 11 is 0. The topological polar surface area (TPSA) is 237 Å². The van der Waals surface area contributed by atoms with Gasteiger partial charge in [-0.05, 0) is 25.7 Å². The van der Waals surface area contributed by atoms with Crippen molar-refractivity contribution in [1.29, 1.82) is 0 Å². The van der Waals surface area contributed by atoms with Crippen molar-refractivity contribution in [2.75, 3.05) is 39.6 Å². The van der Waals surface area contributed by atoms with Gasteiger partial charge in [0.25, 0.3) is 0 Å². The number of hydrogen-bond acceptors (Lipinski definition) is 15. The SMILES string of the molecule is CCCCCCCCCCCCCCCCCCCCCCCCC(=O)O[C@H](COC(=O)CCCCCCCCCCCCCCCCCCCC)COP(=O)(O)OC[C@@H](O)COP(=O)(O)OC[C@@H](COC(=O)CCCCCCC)OC(=O)CCCCCCCCCCCCCCCCCCCC. The normalized spacial score (nSPS) is 13.7. The van der Waals surface area contributed by atoms with Gasteiger partial charge in [-0.2, -0.15) is 0 Å². The summed E-state index contributed by atoms with van der Waals surface area (Å²) in [5.41, 5.74) is 0. The average Bonchev–Trinajstić information content (AvgIpc) is 0.928. The molecule has 0 heterocycles. The van der Waals surface area contributed by atoms with Crippen LogP contribution in [0.1, 0.15) is 458 Å². The largest absolute Gasteiger partial charge is 0.472 e. The molecule has 0 aliphatic rings. The van der Waals surface area contributed by atoms with E-state index in [2.05, 4.69) is 27.7 Å². The molecule has 0 aromatic rings. The molecule has 0 saturated heterocycles. The smallest absolute Gasteiger partial charge is 0.462 e. The van der Waals surface area contributed by atoms with Crippen molar-refractivity contribution in [3.63, 3.8) is 0 Å². The van der Waals surface area contributed by atoms with Gasteiger partial charge in [0, 0.05) is 25.7 Å². The summed E-state index contributed by atoms with van der Waals surface area (Å²) < 4.78 is 68.6. The molecular formula is C84H164O17P2. The van der Waals surface area contributed by atoms with E-state index in [1.165, 1.54) is 283 Å². The van der Waals surface area contributed by atoms with E-state index in [0.717, 1.165) is 96.3 Å². The molecule has 0 radical (unpaired) electrons. The lowest BCUT2D eigenvalue weighted by molar-refractivity contribution is -0.161. The molecule has 612 valence electrons. The van der Waals surface area contributed by atoms with Crippen molar-refractivity contribution < 1.29 is 80.2 Å². The fourth-order valence-corrected chi connectivity index (χ4v) is 14.7. The van der Waals surface area contributed by atoms with Crippen LogP contribution in [0.25, 0.3) is 0 Å². The van der Waals surface area contributed by atoms with Crippen LogP contribution in [0.2, 0.25) is 0 Å². The maximum atomic E-state index is 13.1. The Labute approximate surface area is 632 Å². The molecule has 0 aliphatic heterocycles. The van der Waals surface area contributed by atoms with E-state index in [1.807, 2.05) is 0 Å². The van der Waals surface area contributed by atoms with Crippen LogP contribution in [0.4, 0.5) is 0 Å². The number of rotatable bonds is 85. The van der Waals surface area contributed by atoms with E-state index >= 15 is 0 Å². The number of ether oxygens (including phenoxy) is 4. The van der Waals surface area contributed by atoms with Gasteiger partial charge in [-0.15, -0.1) is 0 Å². The average molecular weight is 1510 g/mol. The van der Waals surface area contributed by atoms with Crippen LogP contribution in [-0.4, -0.2) is 96.7 Å². The number of esters is 4. The highest BCUT2D eigenvalue weighted by Crippen LogP contribution is 2.45. The first-order valence-electron chi connectivity index (χ1n) is 43.8. The van der Waals surface area contributed by atoms with Gasteiger partial charge in [0.1, 0.15) is 19.3 Å². The Bertz CT molecular complexity index is 1950. The van der Waals surface area contributed by atoms with Gasteiger partial charge in [0.2, 0.25) is 0 Å². The van der Waals surface area contributed by atoms with Crippen LogP contribution in [0.5, 0.6) is 0 Å². The van der Waals surface area contributed by atoms with Crippen LogP contribution in [0.3, 0.4) is 0 Å². The molecule has 17 nitrogen and oxygen atoms in total. The third-order valence-electron chi connectivity index (χ3n) is 19.9. The minimum atomic E-state index is -4.96. The third kappa shape index (κ3) is 78.0. The van der Waals surface area contributed by atoms with Gasteiger partial charge in [0.15, 0.2) is 12.2 Å². The number of carbonyl (C=O) groups excluding carboxylic acids is 4. The lowest BCUT2D eigenvalue weighted by Crippen LogP contribution is -2.30. The van der Waals surface area contributed by atoms with Crippen LogP contribution >= 0.6 is 15.6 Å². The molecule has 0 amide bonds. The summed E-state index contributed by atoms with van der Waals surface area (Å²) in [5, 5.41) is 10.6. The number of carbonyl (C=O) groups is 4. The number of aliphatic hydroxyl groups is 1. The fourth-order valence-electron chi connectivity index (χ4n) is 13.2. The van der Waals surface area contributed by atoms with Gasteiger partial charge < -0.3 is 33.8 Å². The number of aliphatic hydroxyl groups excluding tert-OH is 1. The summed E-state index contributed by atoms with van der Waals surface area (Å²) in [5.74, 6) is -2.11. The molecule has 0 aliphatic carbocycles. The summed E-state index contributed by atoms with van der Waals surface area (Å²) in [6, 6.07) is 0. The summed E-state index contributed by atoms with van der Waals surface area (Å²) in [6.07, 6.45) is 72.8. The Morgan fingerprint density at radius 2 is 0.388 bits per heavy atom. The van der Waals surface area contributed by atoms with E-state index in [0.29, 0.717) is 25.7 Å². The minimum Gasteiger partial charge on any atom is -0.462 e. The van der Waals surface area contributed by atoms with E-state index < -0.39 is 97.5 Å². The number of unbranched alkanes of at least 4 members (excludes halogenated alkanes) is 59. The van der Waals surface area contributed by atoms with Crippen molar-refractivity contribution in [2.24, 2.45) is 0 Å². The second kappa shape index (κ2) is 78.2.